The van der Waals surface area contributed by atoms with Crippen LogP contribution in [-0.2, 0) is 4.79 Å². The van der Waals surface area contributed by atoms with E-state index in [1.54, 1.807) is 17.2 Å². The highest BCUT2D eigenvalue weighted by atomic mass is 16.2. The van der Waals surface area contributed by atoms with Crippen LogP contribution in [0.2, 0.25) is 0 Å². The van der Waals surface area contributed by atoms with Crippen molar-refractivity contribution in [3.8, 4) is 0 Å². The third kappa shape index (κ3) is 1.63. The molecule has 1 fully saturated rings. The van der Waals surface area contributed by atoms with E-state index in [1.807, 2.05) is 12.1 Å². The molecule has 1 aromatic heterocycles. The Bertz CT molecular complexity index is 480. The number of hydrogen-bond donors (Lipinski definition) is 1. The van der Waals surface area contributed by atoms with Crippen molar-refractivity contribution in [2.45, 2.75) is 6.42 Å². The summed E-state index contributed by atoms with van der Waals surface area (Å²) in [5.41, 5.74) is 7.19. The second-order valence-corrected chi connectivity index (χ2v) is 4.26. The highest BCUT2D eigenvalue weighted by molar-refractivity contribution is 6.06. The second-order valence-electron chi connectivity index (χ2n) is 4.26. The van der Waals surface area contributed by atoms with Gasteiger partial charge >= 0.3 is 0 Å². The first-order valence-corrected chi connectivity index (χ1v) is 5.74. The summed E-state index contributed by atoms with van der Waals surface area (Å²) in [4.78, 5) is 20.2. The molecule has 17 heavy (non-hydrogen) atoms. The Hall–Kier alpha value is -2.04. The van der Waals surface area contributed by atoms with E-state index in [2.05, 4.69) is 9.88 Å². The third-order valence-corrected chi connectivity index (χ3v) is 3.22. The molecule has 0 aromatic carbocycles. The molecule has 2 aliphatic rings. The number of nitrogens with two attached hydrogens (primary N) is 1. The van der Waals surface area contributed by atoms with E-state index in [9.17, 15) is 4.79 Å². The predicted octanol–water partition coefficient (Wildman–Crippen LogP) is 0.600. The van der Waals surface area contributed by atoms with Crippen molar-refractivity contribution in [1.29, 1.82) is 0 Å². The van der Waals surface area contributed by atoms with E-state index in [0.717, 1.165) is 30.9 Å². The van der Waals surface area contributed by atoms with Crippen molar-refractivity contribution in [2.75, 3.05) is 30.3 Å². The molecule has 0 atom stereocenters. The Morgan fingerprint density at radius 2 is 2.12 bits per heavy atom. The summed E-state index contributed by atoms with van der Waals surface area (Å²) in [5.74, 6) is 0.542. The maximum atomic E-state index is 12.2. The van der Waals surface area contributed by atoms with Crippen LogP contribution in [0.1, 0.15) is 6.42 Å². The number of nitrogens with zero attached hydrogens (tertiary/aromatic N) is 3. The van der Waals surface area contributed by atoms with Gasteiger partial charge < -0.3 is 15.5 Å². The summed E-state index contributed by atoms with van der Waals surface area (Å²) < 4.78 is 0. The monoisotopic (exact) mass is 230 g/mol. The van der Waals surface area contributed by atoms with Gasteiger partial charge in [-0.25, -0.2) is 4.98 Å². The molecule has 3 rings (SSSR count). The molecule has 0 radical (unpaired) electrons. The van der Waals surface area contributed by atoms with Crippen molar-refractivity contribution in [3.63, 3.8) is 0 Å². The van der Waals surface area contributed by atoms with E-state index in [-0.39, 0.29) is 5.91 Å². The molecule has 5 heteroatoms. The lowest BCUT2D eigenvalue weighted by atomic mass is 10.2. The van der Waals surface area contributed by atoms with Crippen LogP contribution < -0.4 is 10.6 Å². The number of fused-ring (bicyclic) bond motifs is 1. The molecule has 0 spiro atoms. The molecule has 3 heterocycles. The van der Waals surface area contributed by atoms with Crippen molar-refractivity contribution in [1.82, 2.24) is 9.88 Å². The Kier molecular flexibility index (Phi) is 2.24. The summed E-state index contributed by atoms with van der Waals surface area (Å²) >= 11 is 0. The van der Waals surface area contributed by atoms with Crippen molar-refractivity contribution in [3.05, 3.63) is 30.1 Å². The van der Waals surface area contributed by atoms with Gasteiger partial charge in [0.25, 0.3) is 5.91 Å². The van der Waals surface area contributed by atoms with Crippen LogP contribution in [-0.4, -0.2) is 35.4 Å². The molecule has 0 bridgehead atoms. The molecule has 0 saturated carbocycles. The zero-order valence-electron chi connectivity index (χ0n) is 9.47. The fourth-order valence-electron chi connectivity index (χ4n) is 2.33. The summed E-state index contributed by atoms with van der Waals surface area (Å²) in [5, 5.41) is 0. The van der Waals surface area contributed by atoms with Crippen LogP contribution in [0.15, 0.2) is 30.1 Å². The topological polar surface area (TPSA) is 62.5 Å². The lowest BCUT2D eigenvalue weighted by molar-refractivity contribution is -0.117. The van der Waals surface area contributed by atoms with Crippen LogP contribution in [0.3, 0.4) is 0 Å². The predicted molar refractivity (Wildman–Crippen MR) is 65.3 cm³/mol. The Balaban J connectivity index is 1.89. The minimum absolute atomic E-state index is 0.0697. The average Bonchev–Trinajstić information content (AvgIpc) is 2.80. The van der Waals surface area contributed by atoms with Gasteiger partial charge in [0, 0.05) is 19.6 Å². The van der Waals surface area contributed by atoms with Gasteiger partial charge in [-0.1, -0.05) is 6.08 Å². The minimum atomic E-state index is 0.0697. The van der Waals surface area contributed by atoms with E-state index < -0.39 is 0 Å². The summed E-state index contributed by atoms with van der Waals surface area (Å²) in [6.07, 6.45) is 4.63. The van der Waals surface area contributed by atoms with Gasteiger partial charge in [-0.15, -0.1) is 0 Å². The van der Waals surface area contributed by atoms with E-state index >= 15 is 0 Å². The normalized spacial score (nSPS) is 19.3. The molecule has 2 N–H and O–H groups in total. The van der Waals surface area contributed by atoms with E-state index in [1.165, 1.54) is 0 Å². The molecule has 0 unspecified atom stereocenters. The Morgan fingerprint density at radius 1 is 1.24 bits per heavy atom. The number of carbonyl (C=O) groups is 1. The van der Waals surface area contributed by atoms with Gasteiger partial charge in [-0.3, -0.25) is 4.79 Å². The van der Waals surface area contributed by atoms with Crippen LogP contribution in [0, 0.1) is 0 Å². The molecule has 5 nitrogen and oxygen atoms in total. The SMILES string of the molecule is Nc1ccc(N2CCN3CCC=C3C2=O)cn1. The average molecular weight is 230 g/mol. The maximum Gasteiger partial charge on any atom is 0.274 e. The van der Waals surface area contributed by atoms with Gasteiger partial charge in [-0.2, -0.15) is 0 Å². The lowest BCUT2D eigenvalue weighted by Crippen LogP contribution is -2.47. The zero-order valence-corrected chi connectivity index (χ0v) is 9.47. The molecule has 1 amide bonds. The standard InChI is InChI=1S/C12H14N4O/c13-11-4-3-9(8-14-11)16-7-6-15-5-1-2-10(15)12(16)17/h2-4,8H,1,5-7H2,(H2,13,14). The van der Waals surface area contributed by atoms with Crippen LogP contribution in [0.5, 0.6) is 0 Å². The first-order valence-electron chi connectivity index (χ1n) is 5.74. The third-order valence-electron chi connectivity index (χ3n) is 3.22. The van der Waals surface area contributed by atoms with Crippen LogP contribution in [0.25, 0.3) is 0 Å². The number of nitrogen functional groups attached to an aromatic ring is 1. The number of aromatic nitrogens is 1. The summed E-state index contributed by atoms with van der Waals surface area (Å²) in [6.45, 7) is 2.57. The number of rotatable bonds is 1. The lowest BCUT2D eigenvalue weighted by Gasteiger charge is -2.34. The van der Waals surface area contributed by atoms with Gasteiger partial charge in [0.2, 0.25) is 0 Å². The highest BCUT2D eigenvalue weighted by Crippen LogP contribution is 2.25. The van der Waals surface area contributed by atoms with E-state index in [4.69, 9.17) is 5.73 Å². The molecule has 1 saturated heterocycles. The number of carbonyl (C=O) groups excluding carboxylic acids is 1. The van der Waals surface area contributed by atoms with Crippen LogP contribution in [0.4, 0.5) is 11.5 Å². The quantitative estimate of drug-likeness (QED) is 0.767. The summed E-state index contributed by atoms with van der Waals surface area (Å²) in [6, 6.07) is 3.56. The fourth-order valence-corrected chi connectivity index (χ4v) is 2.33. The zero-order chi connectivity index (χ0) is 11.8. The second kappa shape index (κ2) is 3.76. The number of anilines is 2. The van der Waals surface area contributed by atoms with E-state index in [0.29, 0.717) is 12.4 Å². The van der Waals surface area contributed by atoms with Gasteiger partial charge in [0.15, 0.2) is 0 Å². The molecular weight excluding hydrogens is 216 g/mol. The summed E-state index contributed by atoms with van der Waals surface area (Å²) in [7, 11) is 0. The smallest absolute Gasteiger partial charge is 0.274 e. The molecule has 1 aromatic rings. The first-order chi connectivity index (χ1) is 8.25. The number of hydrogen-bond acceptors (Lipinski definition) is 4. The van der Waals surface area contributed by atoms with Crippen molar-refractivity contribution >= 4 is 17.4 Å². The molecular formula is C12H14N4O. The number of pyridine rings is 1. The number of amides is 1. The molecule has 0 aliphatic carbocycles. The highest BCUT2D eigenvalue weighted by Gasteiger charge is 2.31. The van der Waals surface area contributed by atoms with Gasteiger partial charge in [-0.05, 0) is 18.6 Å². The minimum Gasteiger partial charge on any atom is -0.384 e. The fraction of sp³-hybridized carbons (Fsp3) is 0.333. The van der Waals surface area contributed by atoms with Crippen LogP contribution >= 0.6 is 0 Å². The first kappa shape index (κ1) is 10.1. The number of piperazine rings is 1. The Labute approximate surface area is 99.5 Å². The maximum absolute atomic E-state index is 12.2. The van der Waals surface area contributed by atoms with Crippen molar-refractivity contribution < 1.29 is 4.79 Å². The molecule has 2 aliphatic heterocycles. The largest absolute Gasteiger partial charge is 0.384 e. The molecule has 88 valence electrons. The van der Waals surface area contributed by atoms with Gasteiger partial charge in [0.1, 0.15) is 5.82 Å². The van der Waals surface area contributed by atoms with Gasteiger partial charge in [0.05, 0.1) is 17.6 Å². The Morgan fingerprint density at radius 3 is 2.88 bits per heavy atom. The van der Waals surface area contributed by atoms with Crippen molar-refractivity contribution in [2.24, 2.45) is 0 Å².